The number of hydrogen-bond donors (Lipinski definition) is 1. The Bertz CT molecular complexity index is 426. The van der Waals surface area contributed by atoms with Gasteiger partial charge in [0.1, 0.15) is 0 Å². The molecule has 40 heavy (non-hydrogen) atoms. The van der Waals surface area contributed by atoms with E-state index in [9.17, 15) is 0 Å². The van der Waals surface area contributed by atoms with Crippen molar-refractivity contribution in [1.82, 2.24) is 5.32 Å². The molecule has 0 aliphatic rings. The average molecular weight is 631 g/mol. The molecule has 0 radical (unpaired) electrons. The quantitative estimate of drug-likeness (QED) is 0.0698. The fraction of sp³-hybridized carbons (Fsp3) is 1.00. The summed E-state index contributed by atoms with van der Waals surface area (Å²) in [6.07, 6.45) is 45.1. The molecule has 0 saturated heterocycles. The van der Waals surface area contributed by atoms with Crippen LogP contribution in [0.2, 0.25) is 0 Å². The zero-order valence-electron chi connectivity index (χ0n) is 28.7. The van der Waals surface area contributed by atoms with Crippen LogP contribution >= 0.6 is 17.0 Å². The highest BCUT2D eigenvalue weighted by Gasteiger charge is 2.10. The summed E-state index contributed by atoms with van der Waals surface area (Å²) in [4.78, 5) is 0. The molecule has 0 heterocycles. The van der Waals surface area contributed by atoms with E-state index in [1.165, 1.54) is 206 Å². The summed E-state index contributed by atoms with van der Waals surface area (Å²) in [5, 5.41) is 3.83. The molecule has 0 rings (SSSR count). The third-order valence-corrected chi connectivity index (χ3v) is 9.36. The Morgan fingerprint density at radius 3 is 0.900 bits per heavy atom. The van der Waals surface area contributed by atoms with E-state index in [4.69, 9.17) is 0 Å². The summed E-state index contributed by atoms with van der Waals surface area (Å²) < 4.78 is 0. The van der Waals surface area contributed by atoms with E-state index >= 15 is 0 Å². The van der Waals surface area contributed by atoms with Crippen molar-refractivity contribution in [2.75, 3.05) is 6.54 Å². The van der Waals surface area contributed by atoms with Gasteiger partial charge in [-0.15, -0.1) is 17.0 Å². The van der Waals surface area contributed by atoms with E-state index in [0.717, 1.165) is 5.92 Å². The van der Waals surface area contributed by atoms with Gasteiger partial charge in [0.15, 0.2) is 0 Å². The molecule has 0 aliphatic carbocycles. The third kappa shape index (κ3) is 34.6. The van der Waals surface area contributed by atoms with Gasteiger partial charge in [-0.2, -0.15) is 0 Å². The first kappa shape index (κ1) is 42.6. The zero-order chi connectivity index (χ0) is 28.5. The van der Waals surface area contributed by atoms with Gasteiger partial charge in [0, 0.05) is 6.04 Å². The van der Waals surface area contributed by atoms with Crippen molar-refractivity contribution in [3.05, 3.63) is 0 Å². The van der Waals surface area contributed by atoms with Crippen molar-refractivity contribution >= 4 is 17.0 Å². The van der Waals surface area contributed by atoms with Crippen LogP contribution in [0.1, 0.15) is 227 Å². The first-order valence-corrected chi connectivity index (χ1v) is 19.0. The maximum absolute atomic E-state index is 3.83. The summed E-state index contributed by atoms with van der Waals surface area (Å²) in [7, 11) is 0. The van der Waals surface area contributed by atoms with Crippen LogP contribution in [0.25, 0.3) is 0 Å². The number of unbranched alkanes of at least 4 members (excludes halogenated alkanes) is 28. The van der Waals surface area contributed by atoms with E-state index < -0.39 is 0 Å². The Hall–Kier alpha value is 0.440. The fourth-order valence-corrected chi connectivity index (χ4v) is 6.11. The number of halogens is 1. The monoisotopic (exact) mass is 630 g/mol. The summed E-state index contributed by atoms with van der Waals surface area (Å²) in [6, 6.07) is 0.684. The van der Waals surface area contributed by atoms with E-state index in [-0.39, 0.29) is 17.0 Å². The number of nitrogens with one attached hydrogen (secondary N) is 1. The van der Waals surface area contributed by atoms with Gasteiger partial charge in [0.2, 0.25) is 0 Å². The fourth-order valence-electron chi connectivity index (χ4n) is 6.11. The summed E-state index contributed by atoms with van der Waals surface area (Å²) in [5.41, 5.74) is 0. The summed E-state index contributed by atoms with van der Waals surface area (Å²) in [5.74, 6) is 0.823. The van der Waals surface area contributed by atoms with Gasteiger partial charge < -0.3 is 5.32 Å². The maximum atomic E-state index is 3.83. The molecule has 0 bridgehead atoms. The lowest BCUT2D eigenvalue weighted by Crippen LogP contribution is -2.32. The Morgan fingerprint density at radius 2 is 0.600 bits per heavy atom. The zero-order valence-corrected chi connectivity index (χ0v) is 30.4. The first-order chi connectivity index (χ1) is 19.2. The molecule has 2 unspecified atom stereocenters. The average Bonchev–Trinajstić information content (AvgIpc) is 2.94. The van der Waals surface area contributed by atoms with Gasteiger partial charge in [0.25, 0.3) is 0 Å². The smallest absolute Gasteiger partial charge is 0.00643 e. The van der Waals surface area contributed by atoms with E-state index in [1.807, 2.05) is 0 Å². The minimum absolute atomic E-state index is 0. The molecular formula is C38H80BrN. The molecule has 0 aromatic heterocycles. The van der Waals surface area contributed by atoms with Crippen LogP contribution in [0.5, 0.6) is 0 Å². The number of rotatable bonds is 34. The second-order valence-electron chi connectivity index (χ2n) is 13.4. The minimum atomic E-state index is 0. The van der Waals surface area contributed by atoms with Gasteiger partial charge in [-0.3, -0.25) is 0 Å². The molecule has 0 fully saturated rings. The molecule has 0 aliphatic heterocycles. The largest absolute Gasteiger partial charge is 0.314 e. The highest BCUT2D eigenvalue weighted by atomic mass is 79.9. The van der Waals surface area contributed by atoms with Crippen LogP contribution in [-0.2, 0) is 0 Å². The normalized spacial score (nSPS) is 12.9. The second kappa shape index (κ2) is 37.5. The lowest BCUT2D eigenvalue weighted by molar-refractivity contribution is 0.362. The highest BCUT2D eigenvalue weighted by molar-refractivity contribution is 8.93. The van der Waals surface area contributed by atoms with Crippen molar-refractivity contribution in [3.8, 4) is 0 Å². The summed E-state index contributed by atoms with van der Waals surface area (Å²) in [6.45, 7) is 10.7. The third-order valence-electron chi connectivity index (χ3n) is 9.36. The van der Waals surface area contributed by atoms with Crippen molar-refractivity contribution in [3.63, 3.8) is 0 Å². The van der Waals surface area contributed by atoms with E-state index in [2.05, 4.69) is 33.0 Å². The van der Waals surface area contributed by atoms with Crippen LogP contribution in [-0.4, -0.2) is 12.6 Å². The molecule has 1 nitrogen and oxygen atoms in total. The SMILES string of the molecule is Br.CCCCCCCCCCCCCCCCCCNC(C)C(C)CCCCCCCCCCCCCCCC. The van der Waals surface area contributed by atoms with Crippen LogP contribution in [0.3, 0.4) is 0 Å². The van der Waals surface area contributed by atoms with Crippen LogP contribution in [0.15, 0.2) is 0 Å². The van der Waals surface area contributed by atoms with Gasteiger partial charge in [0.05, 0.1) is 0 Å². The molecule has 0 spiro atoms. The Kier molecular flexibility index (Phi) is 39.9. The summed E-state index contributed by atoms with van der Waals surface area (Å²) >= 11 is 0. The van der Waals surface area contributed by atoms with Crippen molar-refractivity contribution < 1.29 is 0 Å². The van der Waals surface area contributed by atoms with E-state index in [0.29, 0.717) is 6.04 Å². The number of hydrogen-bond acceptors (Lipinski definition) is 1. The Morgan fingerprint density at radius 1 is 0.350 bits per heavy atom. The molecule has 0 aromatic carbocycles. The molecule has 2 atom stereocenters. The van der Waals surface area contributed by atoms with Crippen LogP contribution in [0.4, 0.5) is 0 Å². The lowest BCUT2D eigenvalue weighted by atomic mass is 9.95. The lowest BCUT2D eigenvalue weighted by Gasteiger charge is -2.21. The topological polar surface area (TPSA) is 12.0 Å². The molecule has 244 valence electrons. The molecule has 0 saturated carbocycles. The predicted octanol–water partition coefficient (Wildman–Crippen LogP) is 14.3. The Balaban J connectivity index is 0. The minimum Gasteiger partial charge on any atom is -0.314 e. The maximum Gasteiger partial charge on any atom is 0.00643 e. The van der Waals surface area contributed by atoms with E-state index in [1.54, 1.807) is 0 Å². The molecule has 1 N–H and O–H groups in total. The second-order valence-corrected chi connectivity index (χ2v) is 13.4. The molecule has 2 heteroatoms. The van der Waals surface area contributed by atoms with Gasteiger partial charge in [-0.05, 0) is 32.2 Å². The van der Waals surface area contributed by atoms with Gasteiger partial charge in [-0.25, -0.2) is 0 Å². The van der Waals surface area contributed by atoms with Gasteiger partial charge >= 0.3 is 0 Å². The van der Waals surface area contributed by atoms with Crippen molar-refractivity contribution in [2.45, 2.75) is 233 Å². The van der Waals surface area contributed by atoms with Crippen LogP contribution < -0.4 is 5.32 Å². The highest BCUT2D eigenvalue weighted by Crippen LogP contribution is 2.17. The Labute approximate surface area is 266 Å². The molecular weight excluding hydrogens is 550 g/mol. The first-order valence-electron chi connectivity index (χ1n) is 19.0. The van der Waals surface area contributed by atoms with Crippen LogP contribution in [0, 0.1) is 5.92 Å². The molecule has 0 amide bonds. The standard InChI is InChI=1S/C38H79N.BrH/c1-5-7-9-11-13-15-17-19-21-22-24-26-28-30-32-34-36-39-38(4)37(3)35-33-31-29-27-25-23-20-18-16-14-12-10-8-6-2;/h37-39H,5-36H2,1-4H3;1H. The van der Waals surface area contributed by atoms with Gasteiger partial charge in [-0.1, -0.05) is 207 Å². The van der Waals surface area contributed by atoms with Crippen molar-refractivity contribution in [2.24, 2.45) is 5.92 Å². The predicted molar refractivity (Wildman–Crippen MR) is 191 cm³/mol. The van der Waals surface area contributed by atoms with Crippen molar-refractivity contribution in [1.29, 1.82) is 0 Å². The molecule has 0 aromatic rings.